The SMILES string of the molecule is Cc1cc2c(cnn2-c2ccc(=O)n(C)c2)cc1C1(Cc2ccccc2)CCN(S(=O)(=O)c2cncc(Cl)c2)C1. The number of sulfonamides is 1. The number of aromatic nitrogens is 4. The second kappa shape index (κ2) is 9.99. The number of hydrogen-bond donors (Lipinski definition) is 0. The van der Waals surface area contributed by atoms with Crippen molar-refractivity contribution in [3.8, 4) is 5.69 Å². The predicted molar refractivity (Wildman–Crippen MR) is 155 cm³/mol. The zero-order valence-electron chi connectivity index (χ0n) is 22.2. The molecule has 10 heteroatoms. The molecule has 204 valence electrons. The van der Waals surface area contributed by atoms with Gasteiger partial charge < -0.3 is 4.57 Å². The molecule has 1 aliphatic heterocycles. The van der Waals surface area contributed by atoms with Gasteiger partial charge >= 0.3 is 0 Å². The van der Waals surface area contributed by atoms with Crippen molar-refractivity contribution in [2.24, 2.45) is 7.05 Å². The number of pyridine rings is 2. The van der Waals surface area contributed by atoms with Gasteiger partial charge in [0.15, 0.2) is 0 Å². The van der Waals surface area contributed by atoms with Crippen LogP contribution in [0.2, 0.25) is 5.02 Å². The maximum absolute atomic E-state index is 13.7. The number of aryl methyl sites for hydroxylation is 2. The van der Waals surface area contributed by atoms with Crippen molar-refractivity contribution in [1.82, 2.24) is 23.6 Å². The van der Waals surface area contributed by atoms with Crippen molar-refractivity contribution in [1.29, 1.82) is 0 Å². The van der Waals surface area contributed by atoms with Crippen molar-refractivity contribution >= 4 is 32.5 Å². The van der Waals surface area contributed by atoms with Crippen LogP contribution in [0.5, 0.6) is 0 Å². The summed E-state index contributed by atoms with van der Waals surface area (Å²) in [6.45, 7) is 2.78. The van der Waals surface area contributed by atoms with Crippen LogP contribution in [0, 0.1) is 6.92 Å². The van der Waals surface area contributed by atoms with E-state index in [1.54, 1.807) is 23.6 Å². The number of rotatable bonds is 6. The summed E-state index contributed by atoms with van der Waals surface area (Å²) in [5, 5.41) is 5.86. The minimum atomic E-state index is -3.79. The van der Waals surface area contributed by atoms with Crippen molar-refractivity contribution in [2.75, 3.05) is 13.1 Å². The zero-order valence-corrected chi connectivity index (χ0v) is 23.7. The third-order valence-electron chi connectivity index (χ3n) is 7.82. The Morgan fingerprint density at radius 3 is 2.58 bits per heavy atom. The van der Waals surface area contributed by atoms with E-state index in [2.05, 4.69) is 41.3 Å². The summed E-state index contributed by atoms with van der Waals surface area (Å²) in [4.78, 5) is 16.0. The highest BCUT2D eigenvalue weighted by atomic mass is 35.5. The van der Waals surface area contributed by atoms with E-state index in [1.165, 1.54) is 29.1 Å². The smallest absolute Gasteiger partial charge is 0.250 e. The van der Waals surface area contributed by atoms with Gasteiger partial charge in [-0.2, -0.15) is 9.40 Å². The van der Waals surface area contributed by atoms with Gasteiger partial charge in [0.25, 0.3) is 0 Å². The van der Waals surface area contributed by atoms with Crippen LogP contribution >= 0.6 is 11.6 Å². The maximum Gasteiger partial charge on any atom is 0.250 e. The zero-order chi connectivity index (χ0) is 28.1. The normalized spacial score (nSPS) is 18.0. The summed E-state index contributed by atoms with van der Waals surface area (Å²) in [5.74, 6) is 0. The highest BCUT2D eigenvalue weighted by Crippen LogP contribution is 2.42. The molecule has 1 saturated heterocycles. The summed E-state index contributed by atoms with van der Waals surface area (Å²) in [6.07, 6.45) is 7.72. The Balaban J connectivity index is 1.45. The van der Waals surface area contributed by atoms with E-state index in [4.69, 9.17) is 11.6 Å². The van der Waals surface area contributed by atoms with Gasteiger partial charge in [0, 0.05) is 55.6 Å². The molecular formula is C30H28ClN5O3S. The lowest BCUT2D eigenvalue weighted by Gasteiger charge is -2.32. The minimum Gasteiger partial charge on any atom is -0.316 e. The summed E-state index contributed by atoms with van der Waals surface area (Å²) in [6, 6.07) is 19.2. The summed E-state index contributed by atoms with van der Waals surface area (Å²) in [5.41, 5.74) is 4.47. The Hall–Kier alpha value is -3.79. The first kappa shape index (κ1) is 26.4. The van der Waals surface area contributed by atoms with Gasteiger partial charge in [0.05, 0.1) is 22.4 Å². The molecule has 0 amide bonds. The van der Waals surface area contributed by atoms with Gasteiger partial charge in [-0.1, -0.05) is 41.9 Å². The number of fused-ring (bicyclic) bond motifs is 1. The molecule has 5 aromatic rings. The fourth-order valence-corrected chi connectivity index (χ4v) is 7.58. The minimum absolute atomic E-state index is 0.0872. The molecule has 2 aromatic carbocycles. The van der Waals surface area contributed by atoms with E-state index in [-0.39, 0.29) is 15.5 Å². The Morgan fingerprint density at radius 1 is 1.02 bits per heavy atom. The first-order chi connectivity index (χ1) is 19.2. The third kappa shape index (κ3) is 4.64. The molecular weight excluding hydrogens is 546 g/mol. The Labute approximate surface area is 237 Å². The highest BCUT2D eigenvalue weighted by molar-refractivity contribution is 7.89. The fraction of sp³-hybridized carbons (Fsp3) is 0.233. The number of benzene rings is 2. The van der Waals surface area contributed by atoms with E-state index in [9.17, 15) is 13.2 Å². The lowest BCUT2D eigenvalue weighted by atomic mass is 9.73. The lowest BCUT2D eigenvalue weighted by Crippen LogP contribution is -2.36. The molecule has 1 unspecified atom stereocenters. The Bertz CT molecular complexity index is 1900. The molecule has 0 aliphatic carbocycles. The van der Waals surface area contributed by atoms with E-state index in [0.29, 0.717) is 25.9 Å². The van der Waals surface area contributed by atoms with Crippen LogP contribution in [0.25, 0.3) is 16.6 Å². The molecule has 0 radical (unpaired) electrons. The average Bonchev–Trinajstić information content (AvgIpc) is 3.56. The molecule has 3 aromatic heterocycles. The summed E-state index contributed by atoms with van der Waals surface area (Å²) >= 11 is 6.09. The van der Waals surface area contributed by atoms with Crippen LogP contribution < -0.4 is 5.56 Å². The molecule has 4 heterocycles. The van der Waals surface area contributed by atoms with Gasteiger partial charge in [-0.05, 0) is 60.7 Å². The third-order valence-corrected chi connectivity index (χ3v) is 9.84. The van der Waals surface area contributed by atoms with Gasteiger partial charge in [0.2, 0.25) is 15.6 Å². The van der Waals surface area contributed by atoms with E-state index >= 15 is 0 Å². The molecule has 0 spiro atoms. The second-order valence-electron chi connectivity index (χ2n) is 10.5. The van der Waals surface area contributed by atoms with Crippen LogP contribution in [-0.2, 0) is 28.9 Å². The van der Waals surface area contributed by atoms with Gasteiger partial charge in [-0.25, -0.2) is 13.1 Å². The number of hydrogen-bond acceptors (Lipinski definition) is 5. The van der Waals surface area contributed by atoms with Gasteiger partial charge in [-0.15, -0.1) is 0 Å². The number of halogens is 1. The largest absolute Gasteiger partial charge is 0.316 e. The molecule has 1 atom stereocenters. The second-order valence-corrected chi connectivity index (χ2v) is 12.9. The van der Waals surface area contributed by atoms with Crippen LogP contribution in [0.4, 0.5) is 0 Å². The molecule has 0 saturated carbocycles. The molecule has 0 N–H and O–H groups in total. The predicted octanol–water partition coefficient (Wildman–Crippen LogP) is 4.66. The molecule has 0 bridgehead atoms. The van der Waals surface area contributed by atoms with Crippen LogP contribution in [-0.4, -0.2) is 45.1 Å². The van der Waals surface area contributed by atoms with Gasteiger partial charge in [-0.3, -0.25) is 9.78 Å². The van der Waals surface area contributed by atoms with Crippen molar-refractivity contribution in [3.05, 3.63) is 118 Å². The van der Waals surface area contributed by atoms with Crippen molar-refractivity contribution in [2.45, 2.75) is 30.1 Å². The van der Waals surface area contributed by atoms with Crippen molar-refractivity contribution < 1.29 is 8.42 Å². The van der Waals surface area contributed by atoms with Crippen LogP contribution in [0.15, 0.2) is 95.1 Å². The first-order valence-corrected chi connectivity index (χ1v) is 14.8. The van der Waals surface area contributed by atoms with Crippen molar-refractivity contribution in [3.63, 3.8) is 0 Å². The van der Waals surface area contributed by atoms with E-state index in [0.717, 1.165) is 33.3 Å². The van der Waals surface area contributed by atoms with Crippen LogP contribution in [0.3, 0.4) is 0 Å². The maximum atomic E-state index is 13.7. The summed E-state index contributed by atoms with van der Waals surface area (Å²) < 4.78 is 32.2. The quantitative estimate of drug-likeness (QED) is 0.295. The molecule has 8 nitrogen and oxygen atoms in total. The molecule has 40 heavy (non-hydrogen) atoms. The first-order valence-electron chi connectivity index (χ1n) is 13.0. The molecule has 1 fully saturated rings. The van der Waals surface area contributed by atoms with E-state index in [1.807, 2.05) is 29.1 Å². The topological polar surface area (TPSA) is 90.1 Å². The molecule has 1 aliphatic rings. The summed E-state index contributed by atoms with van der Waals surface area (Å²) in [7, 11) is -2.07. The average molecular weight is 574 g/mol. The van der Waals surface area contributed by atoms with Gasteiger partial charge in [0.1, 0.15) is 4.90 Å². The number of nitrogens with zero attached hydrogens (tertiary/aromatic N) is 5. The van der Waals surface area contributed by atoms with Crippen LogP contribution in [0.1, 0.15) is 23.1 Å². The Kier molecular flexibility index (Phi) is 6.60. The molecule has 6 rings (SSSR count). The highest BCUT2D eigenvalue weighted by Gasteiger charge is 2.45. The van der Waals surface area contributed by atoms with E-state index < -0.39 is 15.4 Å². The monoisotopic (exact) mass is 573 g/mol. The lowest BCUT2D eigenvalue weighted by molar-refractivity contribution is 0.413. The fourth-order valence-electron chi connectivity index (χ4n) is 5.83. The Morgan fingerprint density at radius 2 is 1.82 bits per heavy atom. The standard InChI is InChI=1S/C30H28ClN5O3S/c1-21-12-28-23(16-33-36(28)25-8-9-29(37)34(2)19-25)13-27(21)30(15-22-6-4-3-5-7-22)10-11-35(20-30)40(38,39)26-14-24(31)17-32-18-26/h3-9,12-14,16-19H,10-11,15,20H2,1-2H3.